The number of nitrogens with one attached hydrogen (secondary N) is 1. The summed E-state index contributed by atoms with van der Waals surface area (Å²) in [6, 6.07) is -0.718. The van der Waals surface area contributed by atoms with Crippen LogP contribution in [0.2, 0.25) is 0 Å². The molecule has 0 aliphatic heterocycles. The Labute approximate surface area is 351 Å². The quantitative estimate of drug-likeness (QED) is 0.0248. The highest BCUT2D eigenvalue weighted by atomic mass is 16.5. The van der Waals surface area contributed by atoms with Gasteiger partial charge in [0.05, 0.1) is 25.2 Å². The van der Waals surface area contributed by atoms with Crippen LogP contribution in [0.3, 0.4) is 0 Å². The molecule has 6 nitrogen and oxygen atoms in total. The van der Waals surface area contributed by atoms with Gasteiger partial charge in [0.25, 0.3) is 0 Å². The summed E-state index contributed by atoms with van der Waals surface area (Å²) in [7, 11) is 0. The van der Waals surface area contributed by atoms with Crippen LogP contribution in [0.5, 0.6) is 0 Å². The van der Waals surface area contributed by atoms with E-state index in [1.807, 2.05) is 36.5 Å². The topological polar surface area (TPSA) is 95.9 Å². The van der Waals surface area contributed by atoms with Crippen LogP contribution in [-0.4, -0.2) is 46.9 Å². The first-order chi connectivity index (χ1) is 28.0. The van der Waals surface area contributed by atoms with Gasteiger partial charge in [0.15, 0.2) is 0 Å². The zero-order chi connectivity index (χ0) is 41.7. The number of rotatable bonds is 41. The van der Waals surface area contributed by atoms with Crippen molar-refractivity contribution >= 4 is 11.9 Å². The Bertz CT molecular complexity index is 1070. The van der Waals surface area contributed by atoms with Crippen molar-refractivity contribution in [3.05, 3.63) is 72.9 Å². The van der Waals surface area contributed by atoms with E-state index in [0.717, 1.165) is 77.0 Å². The van der Waals surface area contributed by atoms with Gasteiger partial charge in [-0.1, -0.05) is 203 Å². The molecule has 3 N–H and O–H groups in total. The molecule has 0 radical (unpaired) electrons. The van der Waals surface area contributed by atoms with E-state index in [2.05, 4.69) is 62.5 Å². The molecule has 6 heteroatoms. The molecule has 0 rings (SSSR count). The molecule has 0 fully saturated rings. The van der Waals surface area contributed by atoms with Gasteiger partial charge >= 0.3 is 5.97 Å². The van der Waals surface area contributed by atoms with Gasteiger partial charge < -0.3 is 20.3 Å². The number of ether oxygens (including phenoxy) is 1. The van der Waals surface area contributed by atoms with Crippen molar-refractivity contribution in [2.45, 2.75) is 232 Å². The van der Waals surface area contributed by atoms with Crippen molar-refractivity contribution in [1.29, 1.82) is 0 Å². The van der Waals surface area contributed by atoms with Gasteiger partial charge in [-0.05, 0) is 70.6 Å². The van der Waals surface area contributed by atoms with Crippen LogP contribution in [0, 0.1) is 0 Å². The third-order valence-electron chi connectivity index (χ3n) is 10.4. The summed E-state index contributed by atoms with van der Waals surface area (Å²) in [6.07, 6.45) is 55.2. The van der Waals surface area contributed by atoms with Gasteiger partial charge in [0, 0.05) is 6.42 Å². The van der Waals surface area contributed by atoms with Crippen LogP contribution in [0.4, 0.5) is 0 Å². The number of allylic oxidation sites excluding steroid dienone is 12. The third-order valence-corrected chi connectivity index (χ3v) is 10.4. The average Bonchev–Trinajstić information content (AvgIpc) is 3.20. The fourth-order valence-corrected chi connectivity index (χ4v) is 6.75. The van der Waals surface area contributed by atoms with Crippen LogP contribution < -0.4 is 5.32 Å². The fourth-order valence-electron chi connectivity index (χ4n) is 6.75. The zero-order valence-corrected chi connectivity index (χ0v) is 37.2. The predicted octanol–water partition coefficient (Wildman–Crippen LogP) is 13.8. The number of carbonyl (C=O) groups is 2. The highest BCUT2D eigenvalue weighted by Gasteiger charge is 2.24. The molecule has 1 amide bonds. The van der Waals surface area contributed by atoms with E-state index < -0.39 is 18.2 Å². The van der Waals surface area contributed by atoms with Crippen LogP contribution in [0.25, 0.3) is 0 Å². The number of hydrogen-bond acceptors (Lipinski definition) is 5. The smallest absolute Gasteiger partial charge is 0.306 e. The van der Waals surface area contributed by atoms with E-state index in [9.17, 15) is 19.8 Å². The number of unbranched alkanes of at least 4 members (excludes halogenated alkanes) is 21. The Hall–Kier alpha value is -2.70. The maximum absolute atomic E-state index is 13.1. The minimum absolute atomic E-state index is 0.0433. The van der Waals surface area contributed by atoms with Crippen molar-refractivity contribution in [2.24, 2.45) is 0 Å². The van der Waals surface area contributed by atoms with Gasteiger partial charge in [-0.25, -0.2) is 0 Å². The molecular formula is C51H89NO5. The SMILES string of the molecule is CCC/C=C/C=C/C=C/C=C/C=C/CCCCCC(CC(=O)NC(CO)C(O)CCCCCCCCCCCC)OC(=O)CCCCCCC/C=C\CCCCC. The number of aliphatic hydroxyl groups is 2. The first-order valence-electron chi connectivity index (χ1n) is 23.7. The minimum atomic E-state index is -0.802. The predicted molar refractivity (Wildman–Crippen MR) is 245 cm³/mol. The lowest BCUT2D eigenvalue weighted by Crippen LogP contribution is -2.46. The molecule has 3 unspecified atom stereocenters. The highest BCUT2D eigenvalue weighted by molar-refractivity contribution is 5.77. The van der Waals surface area contributed by atoms with Crippen molar-refractivity contribution in [2.75, 3.05) is 6.61 Å². The number of hydrogen-bond donors (Lipinski definition) is 3. The minimum Gasteiger partial charge on any atom is -0.462 e. The summed E-state index contributed by atoms with van der Waals surface area (Å²) >= 11 is 0. The summed E-state index contributed by atoms with van der Waals surface area (Å²) in [5, 5.41) is 23.6. The maximum Gasteiger partial charge on any atom is 0.306 e. The standard InChI is InChI=1S/C51H89NO5/c1-4-7-10-13-16-19-22-24-25-26-27-28-30-33-36-39-42-47(57-51(56)44-41-38-35-32-29-23-20-17-14-11-8-5-2)45-50(55)52-48(46-53)49(54)43-40-37-34-31-21-18-15-12-9-6-3/h10,13,16-17,19-20,22,24-28,47-49,53-54H,4-9,11-12,14-15,18,21,23,29-46H2,1-3H3,(H,52,55)/b13-10+,19-16+,20-17-,24-22+,26-25+,28-27+. The van der Waals surface area contributed by atoms with Crippen LogP contribution in [-0.2, 0) is 14.3 Å². The third kappa shape index (κ3) is 39.9. The highest BCUT2D eigenvalue weighted by Crippen LogP contribution is 2.17. The molecule has 0 bridgehead atoms. The van der Waals surface area contributed by atoms with E-state index in [0.29, 0.717) is 19.3 Å². The molecule has 3 atom stereocenters. The molecule has 328 valence electrons. The number of carbonyl (C=O) groups excluding carboxylic acids is 2. The Balaban J connectivity index is 4.74. The van der Waals surface area contributed by atoms with Crippen molar-refractivity contribution < 1.29 is 24.5 Å². The Morgan fingerprint density at radius 1 is 0.509 bits per heavy atom. The first kappa shape index (κ1) is 54.3. The largest absolute Gasteiger partial charge is 0.462 e. The molecule has 0 saturated heterocycles. The second-order valence-corrected chi connectivity index (χ2v) is 15.9. The molecule has 0 aromatic heterocycles. The number of amides is 1. The number of esters is 1. The maximum atomic E-state index is 13.1. The van der Waals surface area contributed by atoms with Gasteiger partial charge in [0.1, 0.15) is 6.10 Å². The summed E-state index contributed by atoms with van der Waals surface area (Å²) in [5.41, 5.74) is 0. The van der Waals surface area contributed by atoms with Crippen molar-refractivity contribution in [1.82, 2.24) is 5.32 Å². The van der Waals surface area contributed by atoms with Crippen LogP contribution in [0.1, 0.15) is 213 Å². The molecule has 0 heterocycles. The molecule has 0 aliphatic carbocycles. The Morgan fingerprint density at radius 2 is 0.947 bits per heavy atom. The summed E-state index contributed by atoms with van der Waals surface area (Å²) in [5.74, 6) is -0.532. The average molecular weight is 796 g/mol. The van der Waals surface area contributed by atoms with Gasteiger partial charge in [-0.15, -0.1) is 0 Å². The van der Waals surface area contributed by atoms with Crippen molar-refractivity contribution in [3.8, 4) is 0 Å². The normalized spacial score (nSPS) is 14.0. The lowest BCUT2D eigenvalue weighted by atomic mass is 10.0. The van der Waals surface area contributed by atoms with Gasteiger partial charge in [-0.2, -0.15) is 0 Å². The van der Waals surface area contributed by atoms with Gasteiger partial charge in [-0.3, -0.25) is 9.59 Å². The van der Waals surface area contributed by atoms with E-state index >= 15 is 0 Å². The molecule has 0 aromatic rings. The second kappa shape index (κ2) is 44.4. The van der Waals surface area contributed by atoms with E-state index in [1.54, 1.807) is 0 Å². The molecular weight excluding hydrogens is 707 g/mol. The molecule has 0 saturated carbocycles. The fraction of sp³-hybridized carbons (Fsp3) is 0.725. The number of aliphatic hydroxyl groups excluding tert-OH is 2. The lowest BCUT2D eigenvalue weighted by molar-refractivity contribution is -0.151. The Kier molecular flexibility index (Phi) is 42.3. The second-order valence-electron chi connectivity index (χ2n) is 15.9. The molecule has 57 heavy (non-hydrogen) atoms. The lowest BCUT2D eigenvalue weighted by Gasteiger charge is -2.24. The summed E-state index contributed by atoms with van der Waals surface area (Å²) in [4.78, 5) is 26.0. The molecule has 0 spiro atoms. The monoisotopic (exact) mass is 796 g/mol. The summed E-state index contributed by atoms with van der Waals surface area (Å²) in [6.45, 7) is 6.33. The summed E-state index contributed by atoms with van der Waals surface area (Å²) < 4.78 is 5.89. The van der Waals surface area contributed by atoms with E-state index in [4.69, 9.17) is 4.74 Å². The zero-order valence-electron chi connectivity index (χ0n) is 37.2. The van der Waals surface area contributed by atoms with Gasteiger partial charge in [0.2, 0.25) is 5.91 Å². The molecule has 0 aromatic carbocycles. The van der Waals surface area contributed by atoms with Crippen molar-refractivity contribution in [3.63, 3.8) is 0 Å². The van der Waals surface area contributed by atoms with Crippen LogP contribution >= 0.6 is 0 Å². The van der Waals surface area contributed by atoms with E-state index in [-0.39, 0.29) is 24.9 Å². The van der Waals surface area contributed by atoms with E-state index in [1.165, 1.54) is 89.9 Å². The Morgan fingerprint density at radius 3 is 1.53 bits per heavy atom. The van der Waals surface area contributed by atoms with Crippen LogP contribution in [0.15, 0.2) is 72.9 Å². The first-order valence-corrected chi connectivity index (χ1v) is 23.7. The molecule has 0 aliphatic rings.